The summed E-state index contributed by atoms with van der Waals surface area (Å²) in [6, 6.07) is 13.3. The molecule has 0 radical (unpaired) electrons. The first-order valence-electron chi connectivity index (χ1n) is 5.93. The molecule has 0 N–H and O–H groups in total. The zero-order chi connectivity index (χ0) is 12.5. The summed E-state index contributed by atoms with van der Waals surface area (Å²) >= 11 is 5.34. The fraction of sp³-hybridized carbons (Fsp3) is 0.200. The van der Waals surface area contributed by atoms with E-state index < -0.39 is 0 Å². The Balaban J connectivity index is 1.82. The van der Waals surface area contributed by atoms with Crippen LogP contribution in [0.2, 0.25) is 0 Å². The third kappa shape index (κ3) is 2.47. The second-order valence-corrected chi connectivity index (χ2v) is 6.63. The van der Waals surface area contributed by atoms with Gasteiger partial charge < -0.3 is 0 Å². The van der Waals surface area contributed by atoms with E-state index in [1.807, 2.05) is 23.9 Å². The maximum atomic E-state index is 12.9. The molecule has 0 saturated carbocycles. The Kier molecular flexibility index (Phi) is 3.44. The summed E-state index contributed by atoms with van der Waals surface area (Å²) in [5.41, 5.74) is 2.86. The Morgan fingerprint density at radius 1 is 1.11 bits per heavy atom. The minimum Gasteiger partial charge on any atom is -0.207 e. The number of hydrogen-bond acceptors (Lipinski definition) is 1. The van der Waals surface area contributed by atoms with Crippen molar-refractivity contribution in [3.05, 3.63) is 63.9 Å². The number of benzene rings is 2. The van der Waals surface area contributed by atoms with Crippen LogP contribution < -0.4 is 0 Å². The highest BCUT2D eigenvalue weighted by Crippen LogP contribution is 2.45. The summed E-state index contributed by atoms with van der Waals surface area (Å²) < 4.78 is 14.0. The molecule has 92 valence electrons. The lowest BCUT2D eigenvalue weighted by molar-refractivity contribution is 0.626. The maximum Gasteiger partial charge on any atom is 0.123 e. The van der Waals surface area contributed by atoms with Gasteiger partial charge in [0.25, 0.3) is 0 Å². The molecule has 1 atom stereocenters. The molecule has 0 saturated heterocycles. The lowest BCUT2D eigenvalue weighted by atomic mass is 10.1. The first kappa shape index (κ1) is 12.2. The van der Waals surface area contributed by atoms with Crippen LogP contribution in [0.1, 0.15) is 22.8 Å². The summed E-state index contributed by atoms with van der Waals surface area (Å²) in [6.45, 7) is 0. The summed E-state index contributed by atoms with van der Waals surface area (Å²) in [7, 11) is 0. The van der Waals surface area contributed by atoms with E-state index in [1.165, 1.54) is 23.3 Å². The van der Waals surface area contributed by atoms with Gasteiger partial charge in [0.15, 0.2) is 0 Å². The SMILES string of the molecule is Fc1ccc(SC2CCc3cc(Br)ccc32)cc1. The average molecular weight is 323 g/mol. The average Bonchev–Trinajstić information content (AvgIpc) is 2.74. The van der Waals surface area contributed by atoms with E-state index in [9.17, 15) is 4.39 Å². The fourth-order valence-electron chi connectivity index (χ4n) is 2.35. The molecule has 1 unspecified atom stereocenters. The Bertz CT molecular complexity index is 565. The van der Waals surface area contributed by atoms with Gasteiger partial charge in [-0.25, -0.2) is 4.39 Å². The molecule has 0 amide bonds. The van der Waals surface area contributed by atoms with E-state index in [0.29, 0.717) is 5.25 Å². The molecular weight excluding hydrogens is 311 g/mol. The van der Waals surface area contributed by atoms with Crippen LogP contribution in [0.3, 0.4) is 0 Å². The van der Waals surface area contributed by atoms with E-state index in [4.69, 9.17) is 0 Å². The second-order valence-electron chi connectivity index (χ2n) is 4.44. The van der Waals surface area contributed by atoms with Crippen molar-refractivity contribution in [2.75, 3.05) is 0 Å². The summed E-state index contributed by atoms with van der Waals surface area (Å²) in [4.78, 5) is 1.14. The zero-order valence-corrected chi connectivity index (χ0v) is 12.1. The van der Waals surface area contributed by atoms with Crippen LogP contribution in [0.4, 0.5) is 4.39 Å². The van der Waals surface area contributed by atoms with Crippen LogP contribution >= 0.6 is 27.7 Å². The van der Waals surface area contributed by atoms with Gasteiger partial charge in [-0.3, -0.25) is 0 Å². The van der Waals surface area contributed by atoms with Gasteiger partial charge in [-0.05, 0) is 60.4 Å². The third-order valence-electron chi connectivity index (χ3n) is 3.22. The van der Waals surface area contributed by atoms with Gasteiger partial charge in [0.1, 0.15) is 5.82 Å². The highest BCUT2D eigenvalue weighted by Gasteiger charge is 2.23. The van der Waals surface area contributed by atoms with Gasteiger partial charge >= 0.3 is 0 Å². The molecule has 3 heteroatoms. The fourth-order valence-corrected chi connectivity index (χ4v) is 3.97. The first-order chi connectivity index (χ1) is 8.72. The highest BCUT2D eigenvalue weighted by atomic mass is 79.9. The van der Waals surface area contributed by atoms with Crippen molar-refractivity contribution < 1.29 is 4.39 Å². The number of halogens is 2. The van der Waals surface area contributed by atoms with Crippen molar-refractivity contribution in [2.45, 2.75) is 23.0 Å². The molecule has 0 bridgehead atoms. The smallest absolute Gasteiger partial charge is 0.123 e. The minimum absolute atomic E-state index is 0.171. The van der Waals surface area contributed by atoms with Crippen molar-refractivity contribution in [1.82, 2.24) is 0 Å². The van der Waals surface area contributed by atoms with Gasteiger partial charge in [0.05, 0.1) is 0 Å². The Labute approximate surface area is 119 Å². The van der Waals surface area contributed by atoms with Crippen LogP contribution in [0.5, 0.6) is 0 Å². The molecular formula is C15H12BrFS. The standard InChI is InChI=1S/C15H12BrFS/c16-11-2-7-14-10(9-11)1-8-15(14)18-13-5-3-12(17)4-6-13/h2-7,9,15H,1,8H2. The molecule has 2 aromatic rings. The molecule has 0 nitrogen and oxygen atoms in total. The molecule has 0 fully saturated rings. The van der Waals surface area contributed by atoms with Crippen molar-refractivity contribution in [2.24, 2.45) is 0 Å². The Hall–Kier alpha value is -0.800. The van der Waals surface area contributed by atoms with E-state index >= 15 is 0 Å². The number of rotatable bonds is 2. The minimum atomic E-state index is -0.171. The number of aryl methyl sites for hydroxylation is 1. The predicted octanol–water partition coefficient (Wildman–Crippen LogP) is 5.37. The Morgan fingerprint density at radius 3 is 2.67 bits per heavy atom. The lowest BCUT2D eigenvalue weighted by Gasteiger charge is -2.11. The predicted molar refractivity (Wildman–Crippen MR) is 77.5 cm³/mol. The van der Waals surface area contributed by atoms with Gasteiger partial charge in [-0.2, -0.15) is 0 Å². The number of thioether (sulfide) groups is 1. The highest BCUT2D eigenvalue weighted by molar-refractivity contribution is 9.10. The van der Waals surface area contributed by atoms with Gasteiger partial charge in [-0.1, -0.05) is 22.0 Å². The number of fused-ring (bicyclic) bond motifs is 1. The molecule has 2 aromatic carbocycles. The van der Waals surface area contributed by atoms with E-state index in [2.05, 4.69) is 34.1 Å². The van der Waals surface area contributed by atoms with Crippen LogP contribution in [0.15, 0.2) is 51.8 Å². The maximum absolute atomic E-state index is 12.9. The first-order valence-corrected chi connectivity index (χ1v) is 7.60. The monoisotopic (exact) mass is 322 g/mol. The van der Waals surface area contributed by atoms with Gasteiger partial charge in [0.2, 0.25) is 0 Å². The van der Waals surface area contributed by atoms with Crippen LogP contribution in [-0.4, -0.2) is 0 Å². The molecule has 3 rings (SSSR count). The Morgan fingerprint density at radius 2 is 1.89 bits per heavy atom. The van der Waals surface area contributed by atoms with E-state index in [1.54, 1.807) is 0 Å². The van der Waals surface area contributed by atoms with Crippen LogP contribution in [-0.2, 0) is 6.42 Å². The number of hydrogen-bond donors (Lipinski definition) is 0. The van der Waals surface area contributed by atoms with Crippen molar-refractivity contribution in [3.63, 3.8) is 0 Å². The second kappa shape index (κ2) is 5.06. The topological polar surface area (TPSA) is 0 Å². The summed E-state index contributed by atoms with van der Waals surface area (Å²) in [5.74, 6) is -0.171. The quantitative estimate of drug-likeness (QED) is 0.716. The van der Waals surface area contributed by atoms with Gasteiger partial charge in [-0.15, -0.1) is 11.8 Å². The largest absolute Gasteiger partial charge is 0.207 e. The van der Waals surface area contributed by atoms with Crippen molar-refractivity contribution >= 4 is 27.7 Å². The van der Waals surface area contributed by atoms with Crippen molar-refractivity contribution in [1.29, 1.82) is 0 Å². The molecule has 0 aliphatic heterocycles. The van der Waals surface area contributed by atoms with E-state index in [-0.39, 0.29) is 5.82 Å². The van der Waals surface area contributed by atoms with Gasteiger partial charge in [0, 0.05) is 14.6 Å². The molecule has 1 aliphatic rings. The van der Waals surface area contributed by atoms with Crippen LogP contribution in [0.25, 0.3) is 0 Å². The summed E-state index contributed by atoms with van der Waals surface area (Å²) in [6.07, 6.45) is 2.29. The molecule has 18 heavy (non-hydrogen) atoms. The van der Waals surface area contributed by atoms with Crippen molar-refractivity contribution in [3.8, 4) is 0 Å². The van der Waals surface area contributed by atoms with E-state index in [0.717, 1.165) is 22.2 Å². The zero-order valence-electron chi connectivity index (χ0n) is 9.70. The van der Waals surface area contributed by atoms with Crippen LogP contribution in [0, 0.1) is 5.82 Å². The third-order valence-corrected chi connectivity index (χ3v) is 5.03. The summed E-state index contributed by atoms with van der Waals surface area (Å²) in [5, 5.41) is 0.499. The molecule has 0 spiro atoms. The molecule has 0 heterocycles. The lowest BCUT2D eigenvalue weighted by Crippen LogP contribution is -1.88. The molecule has 1 aliphatic carbocycles. The molecule has 0 aromatic heterocycles. The normalized spacial score (nSPS) is 17.8.